The number of halogens is 4. The Kier molecular flexibility index (Phi) is 7.41. The van der Waals surface area contributed by atoms with Crippen molar-refractivity contribution in [2.75, 3.05) is 6.54 Å². The number of nitrogens with zero attached hydrogens (tertiary/aromatic N) is 2. The second-order valence-corrected chi connectivity index (χ2v) is 8.83. The van der Waals surface area contributed by atoms with Crippen molar-refractivity contribution in [1.29, 1.82) is 0 Å². The number of aromatic nitrogens is 1. The van der Waals surface area contributed by atoms with Gasteiger partial charge < -0.3 is 0 Å². The molecule has 0 unspecified atom stereocenters. The van der Waals surface area contributed by atoms with E-state index in [-0.39, 0.29) is 13.0 Å². The predicted molar refractivity (Wildman–Crippen MR) is 108 cm³/mol. The predicted octanol–water partition coefficient (Wildman–Crippen LogP) is 3.19. The molecule has 1 aromatic heterocycles. The van der Waals surface area contributed by atoms with Crippen molar-refractivity contribution >= 4 is 15.9 Å². The van der Waals surface area contributed by atoms with Gasteiger partial charge in [0.15, 0.2) is 11.6 Å². The molecule has 33 heavy (non-hydrogen) atoms. The summed E-state index contributed by atoms with van der Waals surface area (Å²) in [6, 6.07) is 6.86. The summed E-state index contributed by atoms with van der Waals surface area (Å²) in [5.74, 6) is -6.66. The van der Waals surface area contributed by atoms with Gasteiger partial charge in [-0.25, -0.2) is 31.5 Å². The number of amides is 1. The molecule has 0 bridgehead atoms. The van der Waals surface area contributed by atoms with E-state index < -0.39 is 61.8 Å². The Balaban J connectivity index is 2.00. The fourth-order valence-corrected chi connectivity index (χ4v) is 4.51. The normalized spacial score (nSPS) is 11.6. The summed E-state index contributed by atoms with van der Waals surface area (Å²) in [5.41, 5.74) is 0.573. The monoisotopic (exact) mass is 483 g/mol. The van der Waals surface area contributed by atoms with Gasteiger partial charge in [0.1, 0.15) is 11.6 Å². The van der Waals surface area contributed by atoms with Crippen molar-refractivity contribution in [3.63, 3.8) is 0 Å². The van der Waals surface area contributed by atoms with E-state index in [1.165, 1.54) is 17.9 Å². The van der Waals surface area contributed by atoms with Crippen LogP contribution >= 0.6 is 0 Å². The highest BCUT2D eigenvalue weighted by Gasteiger charge is 2.28. The molecule has 174 valence electrons. The minimum Gasteiger partial charge on any atom is -0.288 e. The number of pyridine rings is 1. The molecule has 1 heterocycles. The summed E-state index contributed by atoms with van der Waals surface area (Å²) in [5, 5.41) is 8.63. The summed E-state index contributed by atoms with van der Waals surface area (Å²) in [7, 11) is -4.55. The Morgan fingerprint density at radius 2 is 1.73 bits per heavy atom. The average molecular weight is 483 g/mol. The summed E-state index contributed by atoms with van der Waals surface area (Å²) >= 11 is 0. The molecular weight excluding hydrogens is 466 g/mol. The number of hydroxylamine groups is 1. The van der Waals surface area contributed by atoms with Crippen LogP contribution in [0.5, 0.6) is 0 Å². The van der Waals surface area contributed by atoms with Crippen molar-refractivity contribution in [2.24, 2.45) is 0 Å². The van der Waals surface area contributed by atoms with E-state index in [2.05, 4.69) is 4.98 Å². The molecule has 0 aliphatic carbocycles. The van der Waals surface area contributed by atoms with E-state index in [0.29, 0.717) is 23.8 Å². The van der Waals surface area contributed by atoms with Crippen LogP contribution in [0.2, 0.25) is 0 Å². The first-order valence-corrected chi connectivity index (χ1v) is 10.8. The van der Waals surface area contributed by atoms with Gasteiger partial charge in [0, 0.05) is 37.1 Å². The zero-order valence-electron chi connectivity index (χ0n) is 16.8. The number of hydrogen-bond acceptors (Lipinski definition) is 5. The van der Waals surface area contributed by atoms with Gasteiger partial charge in [-0.2, -0.15) is 4.31 Å². The zero-order valence-corrected chi connectivity index (χ0v) is 17.6. The molecule has 7 nitrogen and oxygen atoms in total. The first-order chi connectivity index (χ1) is 15.6. The molecule has 12 heteroatoms. The molecule has 2 aromatic carbocycles. The Bertz CT molecular complexity index is 1250. The maximum atomic E-state index is 14.6. The largest absolute Gasteiger partial charge is 0.288 e. The maximum absolute atomic E-state index is 14.6. The quantitative estimate of drug-likeness (QED) is 0.291. The highest BCUT2D eigenvalue weighted by molar-refractivity contribution is 7.89. The SMILES string of the molecule is O=C(NO)c1ccc(CN(CCc2cccnc2)S(=O)(=O)c2cc(F)cc(F)c2)c(F)c1F. The van der Waals surface area contributed by atoms with E-state index in [0.717, 1.165) is 16.4 Å². The number of rotatable bonds is 8. The minimum absolute atomic E-state index is 0.111. The van der Waals surface area contributed by atoms with Crippen molar-refractivity contribution in [1.82, 2.24) is 14.8 Å². The van der Waals surface area contributed by atoms with Gasteiger partial charge in [0.2, 0.25) is 10.0 Å². The number of sulfonamides is 1. The highest BCUT2D eigenvalue weighted by atomic mass is 32.2. The third kappa shape index (κ3) is 5.53. The smallest absolute Gasteiger partial charge is 0.277 e. The third-order valence-corrected chi connectivity index (χ3v) is 6.52. The minimum atomic E-state index is -4.55. The van der Waals surface area contributed by atoms with Crippen molar-refractivity contribution in [3.05, 3.63) is 94.8 Å². The lowest BCUT2D eigenvalue weighted by atomic mass is 10.1. The number of hydrogen-bond donors (Lipinski definition) is 2. The number of benzene rings is 2. The highest BCUT2D eigenvalue weighted by Crippen LogP contribution is 2.24. The van der Waals surface area contributed by atoms with Gasteiger partial charge in [-0.15, -0.1) is 0 Å². The van der Waals surface area contributed by atoms with Crippen LogP contribution < -0.4 is 5.48 Å². The van der Waals surface area contributed by atoms with Gasteiger partial charge >= 0.3 is 0 Å². The molecule has 1 amide bonds. The molecule has 0 saturated carbocycles. The fourth-order valence-electron chi connectivity index (χ4n) is 3.05. The van der Waals surface area contributed by atoms with E-state index in [4.69, 9.17) is 5.21 Å². The standard InChI is InChI=1S/C21H17F4N3O4S/c22-15-8-16(23)10-17(9-15)33(31,32)28(7-5-13-2-1-6-26-11-13)12-14-3-4-18(21(29)27-30)20(25)19(14)24/h1-4,6,8-11,30H,5,7,12H2,(H,27,29). The lowest BCUT2D eigenvalue weighted by molar-refractivity contribution is 0.0700. The van der Waals surface area contributed by atoms with E-state index >= 15 is 0 Å². The van der Waals surface area contributed by atoms with E-state index in [9.17, 15) is 30.8 Å². The van der Waals surface area contributed by atoms with Crippen LogP contribution in [0.1, 0.15) is 21.5 Å². The zero-order chi connectivity index (χ0) is 24.2. The van der Waals surface area contributed by atoms with Crippen LogP contribution in [0.3, 0.4) is 0 Å². The lowest BCUT2D eigenvalue weighted by Gasteiger charge is -2.23. The van der Waals surface area contributed by atoms with Crippen LogP contribution in [-0.4, -0.2) is 35.4 Å². The maximum Gasteiger partial charge on any atom is 0.277 e. The number of carbonyl (C=O) groups excluding carboxylic acids is 1. The second kappa shape index (κ2) is 10.1. The first-order valence-electron chi connectivity index (χ1n) is 9.40. The molecule has 0 spiro atoms. The molecule has 3 aromatic rings. The van der Waals surface area contributed by atoms with E-state index in [1.807, 2.05) is 0 Å². The van der Waals surface area contributed by atoms with Crippen molar-refractivity contribution < 1.29 is 36.0 Å². The molecule has 3 rings (SSSR count). The van der Waals surface area contributed by atoms with Gasteiger partial charge in [-0.05, 0) is 36.2 Å². The van der Waals surface area contributed by atoms with Gasteiger partial charge in [0.05, 0.1) is 10.5 Å². The topological polar surface area (TPSA) is 99.6 Å². The Morgan fingerprint density at radius 1 is 1.03 bits per heavy atom. The lowest BCUT2D eigenvalue weighted by Crippen LogP contribution is -2.33. The Labute approximate surface area is 186 Å². The third-order valence-electron chi connectivity index (χ3n) is 4.70. The van der Waals surface area contributed by atoms with Gasteiger partial charge in [0.25, 0.3) is 5.91 Å². The molecule has 0 aliphatic heterocycles. The molecule has 0 aliphatic rings. The summed E-state index contributed by atoms with van der Waals surface area (Å²) < 4.78 is 83.3. The second-order valence-electron chi connectivity index (χ2n) is 6.90. The molecule has 0 fully saturated rings. The summed E-state index contributed by atoms with van der Waals surface area (Å²) in [6.45, 7) is -0.962. The van der Waals surface area contributed by atoms with Crippen LogP contribution in [0.4, 0.5) is 17.6 Å². The van der Waals surface area contributed by atoms with Crippen LogP contribution in [0.25, 0.3) is 0 Å². The Hall–Kier alpha value is -3.35. The fraction of sp³-hybridized carbons (Fsp3) is 0.143. The molecule has 0 atom stereocenters. The molecule has 0 saturated heterocycles. The molecule has 0 radical (unpaired) electrons. The average Bonchev–Trinajstić information content (AvgIpc) is 2.78. The van der Waals surface area contributed by atoms with E-state index in [1.54, 1.807) is 12.1 Å². The number of nitrogens with one attached hydrogen (secondary N) is 1. The van der Waals surface area contributed by atoms with Gasteiger partial charge in [-0.3, -0.25) is 15.0 Å². The summed E-state index contributed by atoms with van der Waals surface area (Å²) in [6.07, 6.45) is 3.10. The van der Waals surface area contributed by atoms with Crippen molar-refractivity contribution in [3.8, 4) is 0 Å². The first kappa shape index (κ1) is 24.3. The number of carbonyl (C=O) groups is 1. The molecular formula is C21H17F4N3O4S. The van der Waals surface area contributed by atoms with Gasteiger partial charge in [-0.1, -0.05) is 12.1 Å². The van der Waals surface area contributed by atoms with Crippen molar-refractivity contribution in [2.45, 2.75) is 17.9 Å². The summed E-state index contributed by atoms with van der Waals surface area (Å²) in [4.78, 5) is 14.6. The van der Waals surface area contributed by atoms with Crippen LogP contribution in [0, 0.1) is 23.3 Å². The Morgan fingerprint density at radius 3 is 2.33 bits per heavy atom. The van der Waals surface area contributed by atoms with Crippen LogP contribution in [-0.2, 0) is 23.0 Å². The molecule has 2 N–H and O–H groups in total. The van der Waals surface area contributed by atoms with Crippen LogP contribution in [0.15, 0.2) is 59.8 Å².